The van der Waals surface area contributed by atoms with Crippen LogP contribution >= 0.6 is 95.6 Å². The molecule has 0 bridgehead atoms. The van der Waals surface area contributed by atoms with E-state index >= 15 is 0 Å². The zero-order chi connectivity index (χ0) is 23.7. The molecular weight excluding hydrogens is 808 g/mol. The molecule has 12 heteroatoms. The summed E-state index contributed by atoms with van der Waals surface area (Å²) >= 11 is 20.6. The highest BCUT2D eigenvalue weighted by atomic mass is 79.9. The van der Waals surface area contributed by atoms with E-state index in [0.717, 1.165) is 52.5 Å². The minimum absolute atomic E-state index is 0.252. The second-order valence-electron chi connectivity index (χ2n) is 6.66. The molecular formula is C20H20Br6N4O2. The van der Waals surface area contributed by atoms with Crippen molar-refractivity contribution < 1.29 is 9.59 Å². The zero-order valence-electron chi connectivity index (χ0n) is 16.6. The normalized spacial score (nSPS) is 10.6. The second-order valence-corrected chi connectivity index (χ2v) is 11.9. The fourth-order valence-corrected chi connectivity index (χ4v) is 7.56. The molecule has 0 atom stereocenters. The molecule has 2 rings (SSSR count). The smallest absolute Gasteiger partial charge is 0.319 e. The zero-order valence-corrected chi connectivity index (χ0v) is 26.2. The average Bonchev–Trinajstić information content (AvgIpc) is 2.69. The Morgan fingerprint density at radius 1 is 0.562 bits per heavy atom. The molecule has 4 amide bonds. The lowest BCUT2D eigenvalue weighted by Gasteiger charge is -2.12. The van der Waals surface area contributed by atoms with Gasteiger partial charge in [0.05, 0.1) is 11.4 Å². The second kappa shape index (κ2) is 14.3. The van der Waals surface area contributed by atoms with Crippen molar-refractivity contribution in [3.63, 3.8) is 0 Å². The van der Waals surface area contributed by atoms with Gasteiger partial charge >= 0.3 is 12.1 Å². The number of amides is 4. The molecule has 2 aromatic rings. The third kappa shape index (κ3) is 9.61. The standard InChI is InChI=1S/C20H20Br6N4O2/c21-11-7-13(23)17(14(24)8-11)29-19(31)27-5-3-1-2-4-6-28-20(32)30-18-15(25)9-12(22)10-16(18)26/h7-10H,1-6H2,(H2,27,29,31)(H2,28,30,32). The van der Waals surface area contributed by atoms with Crippen molar-refractivity contribution in [2.24, 2.45) is 0 Å². The van der Waals surface area contributed by atoms with Crippen LogP contribution in [0.3, 0.4) is 0 Å². The van der Waals surface area contributed by atoms with Crippen LogP contribution < -0.4 is 21.3 Å². The number of unbranched alkanes of at least 4 members (excludes halogenated alkanes) is 3. The number of halogens is 6. The molecule has 0 aliphatic heterocycles. The van der Waals surface area contributed by atoms with E-state index < -0.39 is 0 Å². The summed E-state index contributed by atoms with van der Waals surface area (Å²) in [5.74, 6) is 0. The van der Waals surface area contributed by atoms with Gasteiger partial charge in [0.15, 0.2) is 0 Å². The number of benzene rings is 2. The number of carbonyl (C=O) groups is 2. The van der Waals surface area contributed by atoms with Gasteiger partial charge in [0.2, 0.25) is 0 Å². The number of nitrogens with one attached hydrogen (secondary N) is 4. The Labute approximate surface area is 237 Å². The first-order valence-corrected chi connectivity index (χ1v) is 14.3. The predicted molar refractivity (Wildman–Crippen MR) is 152 cm³/mol. The molecule has 174 valence electrons. The molecule has 0 aliphatic rings. The highest BCUT2D eigenvalue weighted by Crippen LogP contribution is 2.35. The van der Waals surface area contributed by atoms with Crippen LogP contribution in [0.4, 0.5) is 21.0 Å². The summed E-state index contributed by atoms with van der Waals surface area (Å²) in [6.07, 6.45) is 3.64. The molecule has 4 N–H and O–H groups in total. The third-order valence-electron chi connectivity index (χ3n) is 4.17. The van der Waals surface area contributed by atoms with Crippen molar-refractivity contribution in [1.82, 2.24) is 10.6 Å². The number of urea groups is 2. The van der Waals surface area contributed by atoms with E-state index in [1.807, 2.05) is 24.3 Å². The summed E-state index contributed by atoms with van der Waals surface area (Å²) < 4.78 is 4.94. The molecule has 0 saturated carbocycles. The molecule has 2 aromatic carbocycles. The molecule has 0 saturated heterocycles. The van der Waals surface area contributed by atoms with Crippen LogP contribution in [0.25, 0.3) is 0 Å². The SMILES string of the molecule is O=C(NCCCCCCNC(=O)Nc1c(Br)cc(Br)cc1Br)Nc1c(Br)cc(Br)cc1Br. The molecule has 0 heterocycles. The van der Waals surface area contributed by atoms with Gasteiger partial charge in [-0.05, 0) is 101 Å². The van der Waals surface area contributed by atoms with Gasteiger partial charge < -0.3 is 21.3 Å². The van der Waals surface area contributed by atoms with Crippen molar-refractivity contribution >= 4 is 119 Å². The number of hydrogen-bond acceptors (Lipinski definition) is 2. The minimum Gasteiger partial charge on any atom is -0.338 e. The summed E-state index contributed by atoms with van der Waals surface area (Å²) in [4.78, 5) is 24.2. The molecule has 0 aromatic heterocycles. The lowest BCUT2D eigenvalue weighted by molar-refractivity contribution is 0.250. The van der Waals surface area contributed by atoms with Gasteiger partial charge in [-0.25, -0.2) is 9.59 Å². The highest BCUT2D eigenvalue weighted by molar-refractivity contribution is 9.12. The molecule has 0 aliphatic carbocycles. The Kier molecular flexibility index (Phi) is 12.6. The Morgan fingerprint density at radius 2 is 0.875 bits per heavy atom. The van der Waals surface area contributed by atoms with Crippen molar-refractivity contribution in [3.8, 4) is 0 Å². The maximum absolute atomic E-state index is 12.1. The van der Waals surface area contributed by atoms with Crippen LogP contribution in [0.1, 0.15) is 25.7 Å². The first-order valence-electron chi connectivity index (χ1n) is 9.56. The van der Waals surface area contributed by atoms with E-state index in [4.69, 9.17) is 0 Å². The lowest BCUT2D eigenvalue weighted by atomic mass is 10.2. The van der Waals surface area contributed by atoms with Gasteiger partial charge in [-0.2, -0.15) is 0 Å². The van der Waals surface area contributed by atoms with Crippen LogP contribution in [-0.2, 0) is 0 Å². The van der Waals surface area contributed by atoms with Crippen LogP contribution in [0.15, 0.2) is 51.1 Å². The van der Waals surface area contributed by atoms with E-state index in [0.29, 0.717) is 24.5 Å². The van der Waals surface area contributed by atoms with E-state index in [2.05, 4.69) is 117 Å². The fraction of sp³-hybridized carbons (Fsp3) is 0.300. The average molecular weight is 828 g/mol. The maximum atomic E-state index is 12.1. The lowest BCUT2D eigenvalue weighted by Crippen LogP contribution is -2.30. The first-order chi connectivity index (χ1) is 15.2. The van der Waals surface area contributed by atoms with Gasteiger partial charge in [-0.15, -0.1) is 0 Å². The maximum Gasteiger partial charge on any atom is 0.319 e. The van der Waals surface area contributed by atoms with Crippen LogP contribution in [0.5, 0.6) is 0 Å². The summed E-state index contributed by atoms with van der Waals surface area (Å²) in [6.45, 7) is 1.16. The Balaban J connectivity index is 1.57. The molecule has 0 spiro atoms. The molecule has 0 unspecified atom stereocenters. The molecule has 0 fully saturated rings. The molecule has 32 heavy (non-hydrogen) atoms. The van der Waals surface area contributed by atoms with Crippen molar-refractivity contribution in [2.45, 2.75) is 25.7 Å². The molecule has 6 nitrogen and oxygen atoms in total. The van der Waals surface area contributed by atoms with Crippen molar-refractivity contribution in [2.75, 3.05) is 23.7 Å². The van der Waals surface area contributed by atoms with E-state index in [1.165, 1.54) is 0 Å². The number of hydrogen-bond donors (Lipinski definition) is 4. The Hall–Kier alpha value is -0.140. The number of anilines is 2. The summed E-state index contributed by atoms with van der Waals surface area (Å²) in [5, 5.41) is 11.4. The summed E-state index contributed by atoms with van der Waals surface area (Å²) in [6, 6.07) is 6.96. The van der Waals surface area contributed by atoms with Crippen molar-refractivity contribution in [1.29, 1.82) is 0 Å². The monoisotopic (exact) mass is 822 g/mol. The van der Waals surface area contributed by atoms with Gasteiger partial charge in [-0.1, -0.05) is 44.7 Å². The van der Waals surface area contributed by atoms with Crippen LogP contribution in [-0.4, -0.2) is 25.2 Å². The summed E-state index contributed by atoms with van der Waals surface area (Å²) in [5.41, 5.74) is 1.36. The Bertz CT molecular complexity index is 850. The molecule has 0 radical (unpaired) electrons. The van der Waals surface area contributed by atoms with E-state index in [-0.39, 0.29) is 12.1 Å². The third-order valence-corrected chi connectivity index (χ3v) is 7.58. The summed E-state index contributed by atoms with van der Waals surface area (Å²) in [7, 11) is 0. The van der Waals surface area contributed by atoms with Gasteiger partial charge in [-0.3, -0.25) is 0 Å². The highest BCUT2D eigenvalue weighted by Gasteiger charge is 2.11. The first kappa shape index (κ1) is 28.1. The number of carbonyl (C=O) groups excluding carboxylic acids is 2. The van der Waals surface area contributed by atoms with Gasteiger partial charge in [0.1, 0.15) is 0 Å². The fourth-order valence-electron chi connectivity index (χ4n) is 2.65. The van der Waals surface area contributed by atoms with E-state index in [1.54, 1.807) is 0 Å². The van der Waals surface area contributed by atoms with Crippen LogP contribution in [0, 0.1) is 0 Å². The quantitative estimate of drug-likeness (QED) is 0.191. The topological polar surface area (TPSA) is 82.3 Å². The van der Waals surface area contributed by atoms with Gasteiger partial charge in [0.25, 0.3) is 0 Å². The Morgan fingerprint density at radius 3 is 1.19 bits per heavy atom. The van der Waals surface area contributed by atoms with Crippen LogP contribution in [0.2, 0.25) is 0 Å². The van der Waals surface area contributed by atoms with Crippen molar-refractivity contribution in [3.05, 3.63) is 51.1 Å². The minimum atomic E-state index is -0.252. The van der Waals surface area contributed by atoms with Gasteiger partial charge in [0, 0.05) is 39.9 Å². The number of rotatable bonds is 9. The van der Waals surface area contributed by atoms with E-state index in [9.17, 15) is 9.59 Å². The largest absolute Gasteiger partial charge is 0.338 e. The predicted octanol–water partition coefficient (Wildman–Crippen LogP) is 8.77.